The molecule has 0 spiro atoms. The Hall–Kier alpha value is -2.33. The lowest BCUT2D eigenvalue weighted by atomic mass is 10.0. The van der Waals surface area contributed by atoms with Crippen molar-refractivity contribution in [2.45, 2.75) is 31.8 Å². The van der Waals surface area contributed by atoms with Gasteiger partial charge in [0.05, 0.1) is 0 Å². The highest BCUT2D eigenvalue weighted by Gasteiger charge is 2.23. The summed E-state index contributed by atoms with van der Waals surface area (Å²) in [6, 6.07) is 17.4. The second-order valence-electron chi connectivity index (χ2n) is 6.77. The maximum Gasteiger partial charge on any atom is 0.224 e. The number of anilines is 2. The number of rotatable bonds is 4. The number of nitrogens with one attached hydrogen (secondary N) is 2. The normalized spacial score (nSPS) is 20.5. The third-order valence-electron chi connectivity index (χ3n) is 4.90. The molecule has 1 saturated heterocycles. The zero-order chi connectivity index (χ0) is 16.4. The Balaban J connectivity index is 1.36. The molecule has 1 fully saturated rings. The van der Waals surface area contributed by atoms with Gasteiger partial charge in [-0.15, -0.1) is 0 Å². The average molecular weight is 321 g/mol. The first-order valence-electron chi connectivity index (χ1n) is 8.72. The molecule has 4 heteroatoms. The number of nitrogens with zero attached hydrogens (tertiary/aromatic N) is 1. The van der Waals surface area contributed by atoms with Crippen LogP contribution in [0.25, 0.3) is 0 Å². The molecular weight excluding hydrogens is 298 g/mol. The monoisotopic (exact) mass is 321 g/mol. The molecule has 0 bridgehead atoms. The van der Waals surface area contributed by atoms with Crippen molar-refractivity contribution < 1.29 is 4.79 Å². The first-order valence-corrected chi connectivity index (χ1v) is 8.72. The van der Waals surface area contributed by atoms with Crippen molar-refractivity contribution in [3.05, 3.63) is 59.7 Å². The van der Waals surface area contributed by atoms with Crippen molar-refractivity contribution in [2.75, 3.05) is 23.7 Å². The smallest absolute Gasteiger partial charge is 0.224 e. The van der Waals surface area contributed by atoms with Crippen molar-refractivity contribution in [1.82, 2.24) is 4.90 Å². The van der Waals surface area contributed by atoms with E-state index in [9.17, 15) is 4.79 Å². The van der Waals surface area contributed by atoms with E-state index in [1.807, 2.05) is 0 Å². The molecular formula is C20H23N3O. The number of carbonyl (C=O) groups is 1. The summed E-state index contributed by atoms with van der Waals surface area (Å²) in [6.45, 7) is 3.19. The van der Waals surface area contributed by atoms with Crippen LogP contribution in [0, 0.1) is 0 Å². The molecule has 0 aromatic heterocycles. The molecule has 1 atom stereocenters. The van der Waals surface area contributed by atoms with Crippen LogP contribution in [-0.2, 0) is 17.8 Å². The highest BCUT2D eigenvalue weighted by atomic mass is 16.1. The van der Waals surface area contributed by atoms with Gasteiger partial charge in [0.2, 0.25) is 5.91 Å². The third kappa shape index (κ3) is 3.44. The van der Waals surface area contributed by atoms with Crippen LogP contribution < -0.4 is 10.6 Å². The summed E-state index contributed by atoms with van der Waals surface area (Å²) in [5, 5.41) is 6.61. The summed E-state index contributed by atoms with van der Waals surface area (Å²) in [6.07, 6.45) is 2.59. The number of aryl methyl sites for hydroxylation is 1. The maximum absolute atomic E-state index is 11.6. The number of benzene rings is 2. The van der Waals surface area contributed by atoms with Crippen molar-refractivity contribution in [1.29, 1.82) is 0 Å². The van der Waals surface area contributed by atoms with Gasteiger partial charge in [-0.3, -0.25) is 9.69 Å². The van der Waals surface area contributed by atoms with Crippen LogP contribution in [0.4, 0.5) is 11.4 Å². The Morgan fingerprint density at radius 3 is 2.88 bits per heavy atom. The van der Waals surface area contributed by atoms with Crippen LogP contribution in [0.1, 0.15) is 24.0 Å². The second kappa shape index (κ2) is 6.65. The van der Waals surface area contributed by atoms with E-state index in [0.717, 1.165) is 43.9 Å². The average Bonchev–Trinajstić information content (AvgIpc) is 3.02. The van der Waals surface area contributed by atoms with E-state index in [2.05, 4.69) is 64.1 Å². The van der Waals surface area contributed by atoms with E-state index in [-0.39, 0.29) is 5.91 Å². The summed E-state index contributed by atoms with van der Waals surface area (Å²) >= 11 is 0. The molecule has 2 aliphatic rings. The molecule has 124 valence electrons. The number of carbonyl (C=O) groups excluding carboxylic acids is 1. The summed E-state index contributed by atoms with van der Waals surface area (Å²) in [7, 11) is 0. The molecule has 2 N–H and O–H groups in total. The molecule has 0 radical (unpaired) electrons. The number of amides is 1. The van der Waals surface area contributed by atoms with Gasteiger partial charge >= 0.3 is 0 Å². The lowest BCUT2D eigenvalue weighted by Crippen LogP contribution is -2.26. The molecule has 4 rings (SSSR count). The van der Waals surface area contributed by atoms with Gasteiger partial charge in [0.25, 0.3) is 0 Å². The van der Waals surface area contributed by atoms with E-state index in [4.69, 9.17) is 0 Å². The van der Waals surface area contributed by atoms with E-state index in [1.54, 1.807) is 0 Å². The van der Waals surface area contributed by atoms with Crippen molar-refractivity contribution in [2.24, 2.45) is 0 Å². The van der Waals surface area contributed by atoms with Gasteiger partial charge in [-0.2, -0.15) is 0 Å². The SMILES string of the molecule is O=C1CCc2ccc(N[C@H]3CCN(Cc4ccccc4)C3)cc2N1. The highest BCUT2D eigenvalue weighted by molar-refractivity contribution is 5.94. The Bertz CT molecular complexity index is 729. The number of hydrogen-bond acceptors (Lipinski definition) is 3. The van der Waals surface area contributed by atoms with E-state index < -0.39 is 0 Å². The Labute approximate surface area is 142 Å². The minimum absolute atomic E-state index is 0.120. The lowest BCUT2D eigenvalue weighted by Gasteiger charge is -2.20. The van der Waals surface area contributed by atoms with Crippen molar-refractivity contribution in [3.63, 3.8) is 0 Å². The van der Waals surface area contributed by atoms with Gasteiger partial charge in [0.15, 0.2) is 0 Å². The number of fused-ring (bicyclic) bond motifs is 1. The van der Waals surface area contributed by atoms with Gasteiger partial charge in [0, 0.05) is 43.5 Å². The van der Waals surface area contributed by atoms with Gasteiger partial charge < -0.3 is 10.6 Å². The van der Waals surface area contributed by atoms with Gasteiger partial charge in [-0.25, -0.2) is 0 Å². The number of hydrogen-bond donors (Lipinski definition) is 2. The van der Waals surface area contributed by atoms with E-state index >= 15 is 0 Å². The summed E-state index contributed by atoms with van der Waals surface area (Å²) < 4.78 is 0. The highest BCUT2D eigenvalue weighted by Crippen LogP contribution is 2.27. The standard InChI is InChI=1S/C20H23N3O/c24-20-9-7-16-6-8-17(12-19(16)22-20)21-18-10-11-23(14-18)13-15-4-2-1-3-5-15/h1-6,8,12,18,21H,7,9-11,13-14H2,(H,22,24)/t18-/m0/s1. The van der Waals surface area contributed by atoms with E-state index in [0.29, 0.717) is 12.5 Å². The minimum atomic E-state index is 0.120. The molecule has 1 amide bonds. The molecule has 4 nitrogen and oxygen atoms in total. The fourth-order valence-corrected chi connectivity index (χ4v) is 3.63. The lowest BCUT2D eigenvalue weighted by molar-refractivity contribution is -0.116. The Morgan fingerprint density at radius 2 is 2.00 bits per heavy atom. The molecule has 2 aromatic carbocycles. The molecule has 0 saturated carbocycles. The number of likely N-dealkylation sites (tertiary alicyclic amines) is 1. The summed E-state index contributed by atoms with van der Waals surface area (Å²) in [5.74, 6) is 0.120. The zero-order valence-corrected chi connectivity index (χ0v) is 13.8. The molecule has 2 heterocycles. The van der Waals surface area contributed by atoms with Gasteiger partial charge in [0.1, 0.15) is 0 Å². The third-order valence-corrected chi connectivity index (χ3v) is 4.90. The maximum atomic E-state index is 11.6. The minimum Gasteiger partial charge on any atom is -0.381 e. The van der Waals surface area contributed by atoms with Gasteiger partial charge in [-0.05, 0) is 36.1 Å². The van der Waals surface area contributed by atoms with E-state index in [1.165, 1.54) is 11.1 Å². The molecule has 2 aliphatic heterocycles. The molecule has 2 aromatic rings. The predicted molar refractivity (Wildman–Crippen MR) is 97.1 cm³/mol. The first-order chi connectivity index (χ1) is 11.8. The van der Waals surface area contributed by atoms with Crippen molar-refractivity contribution in [3.8, 4) is 0 Å². The first kappa shape index (κ1) is 15.2. The second-order valence-corrected chi connectivity index (χ2v) is 6.77. The van der Waals surface area contributed by atoms with Crippen LogP contribution in [0.5, 0.6) is 0 Å². The van der Waals surface area contributed by atoms with Gasteiger partial charge in [-0.1, -0.05) is 36.4 Å². The fraction of sp³-hybridized carbons (Fsp3) is 0.350. The quantitative estimate of drug-likeness (QED) is 0.908. The summed E-state index contributed by atoms with van der Waals surface area (Å²) in [4.78, 5) is 14.1. The van der Waals surface area contributed by atoms with Crippen LogP contribution in [-0.4, -0.2) is 29.9 Å². The molecule has 24 heavy (non-hydrogen) atoms. The van der Waals surface area contributed by atoms with Crippen LogP contribution in [0.15, 0.2) is 48.5 Å². The topological polar surface area (TPSA) is 44.4 Å². The summed E-state index contributed by atoms with van der Waals surface area (Å²) in [5.41, 5.74) is 4.67. The largest absolute Gasteiger partial charge is 0.381 e. The predicted octanol–water partition coefficient (Wildman–Crippen LogP) is 3.26. The Morgan fingerprint density at radius 1 is 1.12 bits per heavy atom. The van der Waals surface area contributed by atoms with Crippen molar-refractivity contribution >= 4 is 17.3 Å². The molecule has 0 aliphatic carbocycles. The van der Waals surface area contributed by atoms with Crippen LogP contribution in [0.2, 0.25) is 0 Å². The fourth-order valence-electron chi connectivity index (χ4n) is 3.63. The Kier molecular flexibility index (Phi) is 4.22. The molecule has 0 unspecified atom stereocenters. The van der Waals surface area contributed by atoms with Crippen LogP contribution >= 0.6 is 0 Å². The zero-order valence-electron chi connectivity index (χ0n) is 13.8. The van der Waals surface area contributed by atoms with Crippen LogP contribution in [0.3, 0.4) is 0 Å².